The first kappa shape index (κ1) is 13.8. The summed E-state index contributed by atoms with van der Waals surface area (Å²) in [5.74, 6) is -1.22. The third-order valence-electron chi connectivity index (χ3n) is 3.18. The number of carbonyl (C=O) groups is 2. The van der Waals surface area contributed by atoms with Gasteiger partial charge in [-0.2, -0.15) is 0 Å². The van der Waals surface area contributed by atoms with Gasteiger partial charge in [-0.3, -0.25) is 0 Å². The summed E-state index contributed by atoms with van der Waals surface area (Å²) < 4.78 is 0. The molecule has 0 aromatic rings. The number of amides is 2. The Labute approximate surface area is 101 Å². The molecule has 0 aromatic heterocycles. The maximum Gasteiger partial charge on any atom is 0.328 e. The van der Waals surface area contributed by atoms with Crippen molar-refractivity contribution >= 4 is 12.0 Å². The van der Waals surface area contributed by atoms with Crippen molar-refractivity contribution in [1.29, 1.82) is 0 Å². The SMILES string of the molecule is CC1(C)CCN(C(=O)N[C@H](CO)C(=O)O)CC1. The topological polar surface area (TPSA) is 89.9 Å². The molecule has 1 aliphatic heterocycles. The molecule has 1 rings (SSSR count). The zero-order chi connectivity index (χ0) is 13.1. The molecular weight excluding hydrogens is 224 g/mol. The van der Waals surface area contributed by atoms with E-state index in [1.54, 1.807) is 4.90 Å². The first-order chi connectivity index (χ1) is 7.85. The van der Waals surface area contributed by atoms with Crippen molar-refractivity contribution in [3.63, 3.8) is 0 Å². The molecular formula is C11H20N2O4. The normalized spacial score (nSPS) is 20.8. The van der Waals surface area contributed by atoms with Gasteiger partial charge in [0.15, 0.2) is 6.04 Å². The van der Waals surface area contributed by atoms with Gasteiger partial charge in [0, 0.05) is 13.1 Å². The van der Waals surface area contributed by atoms with Crippen molar-refractivity contribution in [3.8, 4) is 0 Å². The Morgan fingerprint density at radius 2 is 1.88 bits per heavy atom. The Balaban J connectivity index is 2.46. The van der Waals surface area contributed by atoms with Crippen molar-refractivity contribution in [3.05, 3.63) is 0 Å². The average Bonchev–Trinajstić information content (AvgIpc) is 2.25. The molecule has 6 nitrogen and oxygen atoms in total. The number of urea groups is 1. The lowest BCUT2D eigenvalue weighted by Crippen LogP contribution is -2.52. The Hall–Kier alpha value is -1.30. The van der Waals surface area contributed by atoms with Crippen molar-refractivity contribution < 1.29 is 19.8 Å². The van der Waals surface area contributed by atoms with Crippen molar-refractivity contribution in [2.75, 3.05) is 19.7 Å². The maximum absolute atomic E-state index is 11.7. The van der Waals surface area contributed by atoms with E-state index in [1.807, 2.05) is 0 Å². The number of carboxylic acid groups (broad SMARTS) is 1. The van der Waals surface area contributed by atoms with Crippen LogP contribution in [0, 0.1) is 5.41 Å². The van der Waals surface area contributed by atoms with E-state index in [4.69, 9.17) is 10.2 Å². The molecule has 2 amide bonds. The molecule has 0 unspecified atom stereocenters. The first-order valence-electron chi connectivity index (χ1n) is 5.75. The first-order valence-corrected chi connectivity index (χ1v) is 5.75. The second-order valence-electron chi connectivity index (χ2n) is 5.17. The van der Waals surface area contributed by atoms with Gasteiger partial charge in [-0.15, -0.1) is 0 Å². The molecule has 3 N–H and O–H groups in total. The highest BCUT2D eigenvalue weighted by atomic mass is 16.4. The number of aliphatic carboxylic acids is 1. The van der Waals surface area contributed by atoms with Gasteiger partial charge in [0.05, 0.1) is 6.61 Å². The summed E-state index contributed by atoms with van der Waals surface area (Å²) in [4.78, 5) is 24.0. The van der Waals surface area contributed by atoms with Gasteiger partial charge in [-0.05, 0) is 18.3 Å². The minimum atomic E-state index is -1.22. The molecule has 1 aliphatic rings. The number of rotatable bonds is 3. The van der Waals surface area contributed by atoms with Crippen LogP contribution >= 0.6 is 0 Å². The molecule has 0 aliphatic carbocycles. The van der Waals surface area contributed by atoms with Gasteiger partial charge >= 0.3 is 12.0 Å². The Morgan fingerprint density at radius 3 is 2.29 bits per heavy atom. The fraction of sp³-hybridized carbons (Fsp3) is 0.818. The molecule has 0 radical (unpaired) electrons. The average molecular weight is 244 g/mol. The highest BCUT2D eigenvalue weighted by molar-refractivity contribution is 5.82. The second-order valence-corrected chi connectivity index (χ2v) is 5.17. The van der Waals surface area contributed by atoms with E-state index in [0.29, 0.717) is 13.1 Å². The van der Waals surface area contributed by atoms with E-state index in [-0.39, 0.29) is 5.41 Å². The van der Waals surface area contributed by atoms with Gasteiger partial charge < -0.3 is 20.4 Å². The lowest BCUT2D eigenvalue weighted by Gasteiger charge is -2.37. The second kappa shape index (κ2) is 5.35. The van der Waals surface area contributed by atoms with Crippen molar-refractivity contribution in [2.24, 2.45) is 5.41 Å². The van der Waals surface area contributed by atoms with Crippen LogP contribution in [0.25, 0.3) is 0 Å². The predicted molar refractivity (Wildman–Crippen MR) is 61.6 cm³/mol. The van der Waals surface area contributed by atoms with Gasteiger partial charge in [0.1, 0.15) is 0 Å². The van der Waals surface area contributed by atoms with Crippen LogP contribution in [0.4, 0.5) is 4.79 Å². The van der Waals surface area contributed by atoms with Crippen LogP contribution in [-0.2, 0) is 4.79 Å². The zero-order valence-electron chi connectivity index (χ0n) is 10.3. The smallest absolute Gasteiger partial charge is 0.328 e. The van der Waals surface area contributed by atoms with Crippen LogP contribution in [0.15, 0.2) is 0 Å². The van der Waals surface area contributed by atoms with E-state index in [2.05, 4.69) is 19.2 Å². The van der Waals surface area contributed by atoms with E-state index in [0.717, 1.165) is 12.8 Å². The van der Waals surface area contributed by atoms with E-state index < -0.39 is 24.6 Å². The largest absolute Gasteiger partial charge is 0.480 e. The third-order valence-corrected chi connectivity index (χ3v) is 3.18. The standard InChI is InChI=1S/C11H20N2O4/c1-11(2)3-5-13(6-4-11)10(17)12-8(7-14)9(15)16/h8,14H,3-7H2,1-2H3,(H,12,17)(H,15,16)/t8-/m1/s1. The molecule has 1 fully saturated rings. The number of piperidine rings is 1. The number of carbonyl (C=O) groups excluding carboxylic acids is 1. The van der Waals surface area contributed by atoms with Crippen LogP contribution in [-0.4, -0.2) is 52.9 Å². The minimum Gasteiger partial charge on any atom is -0.480 e. The predicted octanol–water partition coefficient (Wildman–Crippen LogP) is 0.263. The molecule has 0 bridgehead atoms. The Kier molecular flexibility index (Phi) is 4.34. The van der Waals surface area contributed by atoms with Crippen molar-refractivity contribution in [1.82, 2.24) is 10.2 Å². The summed E-state index contributed by atoms with van der Waals surface area (Å²) in [6, 6.07) is -1.64. The van der Waals surface area contributed by atoms with Crippen LogP contribution in [0.3, 0.4) is 0 Å². The summed E-state index contributed by atoms with van der Waals surface area (Å²) >= 11 is 0. The lowest BCUT2D eigenvalue weighted by atomic mass is 9.83. The highest BCUT2D eigenvalue weighted by Crippen LogP contribution is 2.29. The van der Waals surface area contributed by atoms with Gasteiger partial charge in [0.25, 0.3) is 0 Å². The van der Waals surface area contributed by atoms with E-state index >= 15 is 0 Å². The number of nitrogens with zero attached hydrogens (tertiary/aromatic N) is 1. The van der Waals surface area contributed by atoms with E-state index in [1.165, 1.54) is 0 Å². The van der Waals surface area contributed by atoms with Crippen LogP contribution < -0.4 is 5.32 Å². The summed E-state index contributed by atoms with van der Waals surface area (Å²) in [7, 11) is 0. The Morgan fingerprint density at radius 1 is 1.35 bits per heavy atom. The molecule has 0 saturated carbocycles. The van der Waals surface area contributed by atoms with Gasteiger partial charge in [-0.25, -0.2) is 9.59 Å². The molecule has 0 aromatic carbocycles. The molecule has 98 valence electrons. The molecule has 1 heterocycles. The summed E-state index contributed by atoms with van der Waals surface area (Å²) in [6.07, 6.45) is 1.80. The molecule has 1 saturated heterocycles. The number of aliphatic hydroxyl groups excluding tert-OH is 1. The fourth-order valence-electron chi connectivity index (χ4n) is 1.74. The number of likely N-dealkylation sites (tertiary alicyclic amines) is 1. The van der Waals surface area contributed by atoms with Crippen LogP contribution in [0.5, 0.6) is 0 Å². The van der Waals surface area contributed by atoms with Crippen LogP contribution in [0.2, 0.25) is 0 Å². The van der Waals surface area contributed by atoms with Gasteiger partial charge in [0.2, 0.25) is 0 Å². The number of nitrogens with one attached hydrogen (secondary N) is 1. The number of aliphatic hydroxyl groups is 1. The maximum atomic E-state index is 11.7. The monoisotopic (exact) mass is 244 g/mol. The van der Waals surface area contributed by atoms with Gasteiger partial charge in [-0.1, -0.05) is 13.8 Å². The zero-order valence-corrected chi connectivity index (χ0v) is 10.3. The van der Waals surface area contributed by atoms with Crippen LogP contribution in [0.1, 0.15) is 26.7 Å². The third kappa shape index (κ3) is 3.89. The fourth-order valence-corrected chi connectivity index (χ4v) is 1.74. The summed E-state index contributed by atoms with van der Waals surface area (Å²) in [6.45, 7) is 4.94. The minimum absolute atomic E-state index is 0.236. The molecule has 6 heteroatoms. The summed E-state index contributed by atoms with van der Waals surface area (Å²) in [5.41, 5.74) is 0.236. The highest BCUT2D eigenvalue weighted by Gasteiger charge is 2.29. The van der Waals surface area contributed by atoms with Crippen molar-refractivity contribution in [2.45, 2.75) is 32.7 Å². The molecule has 0 spiro atoms. The number of carboxylic acids is 1. The summed E-state index contributed by atoms with van der Waals surface area (Å²) in [5, 5.41) is 19.8. The lowest BCUT2D eigenvalue weighted by molar-refractivity contribution is -0.140. The number of hydrogen-bond acceptors (Lipinski definition) is 3. The molecule has 1 atom stereocenters. The quantitative estimate of drug-likeness (QED) is 0.664. The Bertz CT molecular complexity index is 294. The molecule has 17 heavy (non-hydrogen) atoms. The number of hydrogen-bond donors (Lipinski definition) is 3. The van der Waals surface area contributed by atoms with E-state index in [9.17, 15) is 9.59 Å².